The lowest BCUT2D eigenvalue weighted by Gasteiger charge is -2.01. The van der Waals surface area contributed by atoms with Crippen LogP contribution in [0.3, 0.4) is 0 Å². The molecule has 1 aromatic carbocycles. The third-order valence-corrected chi connectivity index (χ3v) is 3.46. The number of rotatable bonds is 1. The lowest BCUT2D eigenvalue weighted by atomic mass is 10.1. The fourth-order valence-corrected chi connectivity index (χ4v) is 2.48. The summed E-state index contributed by atoms with van der Waals surface area (Å²) < 4.78 is 0. The van der Waals surface area contributed by atoms with Crippen LogP contribution in [-0.2, 0) is 0 Å². The number of H-pyrrole nitrogens is 1. The zero-order valence-corrected chi connectivity index (χ0v) is 10.7. The van der Waals surface area contributed by atoms with Gasteiger partial charge in [0.1, 0.15) is 11.5 Å². The Hall–Kier alpha value is -2.88. The van der Waals surface area contributed by atoms with Crippen molar-refractivity contribution in [2.75, 3.05) is 5.73 Å². The highest BCUT2D eigenvalue weighted by Gasteiger charge is 2.08. The monoisotopic (exact) mass is 260 g/mol. The number of benzene rings is 1. The maximum Gasteiger partial charge on any atom is 0.138 e. The molecule has 0 aliphatic heterocycles. The molecule has 4 nitrogen and oxygen atoms in total. The van der Waals surface area contributed by atoms with E-state index in [1.807, 2.05) is 30.5 Å². The van der Waals surface area contributed by atoms with E-state index < -0.39 is 0 Å². The topological polar surface area (TPSA) is 67.6 Å². The fourth-order valence-electron chi connectivity index (χ4n) is 2.48. The first-order valence-corrected chi connectivity index (χ1v) is 6.40. The Morgan fingerprint density at radius 1 is 0.850 bits per heavy atom. The zero-order chi connectivity index (χ0) is 13.5. The summed E-state index contributed by atoms with van der Waals surface area (Å²) in [7, 11) is 0. The quantitative estimate of drug-likeness (QED) is 0.551. The summed E-state index contributed by atoms with van der Waals surface area (Å²) in [6, 6.07) is 14.2. The predicted molar refractivity (Wildman–Crippen MR) is 81.2 cm³/mol. The Morgan fingerprint density at radius 3 is 2.55 bits per heavy atom. The summed E-state index contributed by atoms with van der Waals surface area (Å²) in [6.07, 6.45) is 3.62. The summed E-state index contributed by atoms with van der Waals surface area (Å²) in [5, 5.41) is 2.12. The normalized spacial score (nSPS) is 11.2. The SMILES string of the molecule is Nc1cc2c(cn1)[nH]c1ncc(-c3ccccc3)cc12. The minimum Gasteiger partial charge on any atom is -0.384 e. The number of nitrogens with zero attached hydrogens (tertiary/aromatic N) is 2. The summed E-state index contributed by atoms with van der Waals surface area (Å²) in [5.74, 6) is 0.517. The smallest absolute Gasteiger partial charge is 0.138 e. The molecule has 0 atom stereocenters. The summed E-state index contributed by atoms with van der Waals surface area (Å²) >= 11 is 0. The van der Waals surface area contributed by atoms with Crippen LogP contribution in [-0.4, -0.2) is 15.0 Å². The zero-order valence-electron chi connectivity index (χ0n) is 10.7. The van der Waals surface area contributed by atoms with E-state index in [4.69, 9.17) is 5.73 Å². The van der Waals surface area contributed by atoms with Crippen molar-refractivity contribution in [3.8, 4) is 11.1 Å². The number of aromatic amines is 1. The van der Waals surface area contributed by atoms with Crippen LogP contribution >= 0.6 is 0 Å². The molecule has 4 rings (SSSR count). The van der Waals surface area contributed by atoms with E-state index in [1.54, 1.807) is 6.20 Å². The highest BCUT2D eigenvalue weighted by molar-refractivity contribution is 6.07. The van der Waals surface area contributed by atoms with E-state index in [9.17, 15) is 0 Å². The first-order valence-electron chi connectivity index (χ1n) is 6.40. The van der Waals surface area contributed by atoms with Gasteiger partial charge in [0.05, 0.1) is 11.7 Å². The minimum absolute atomic E-state index is 0.517. The molecule has 0 spiro atoms. The first-order chi connectivity index (χ1) is 9.81. The molecule has 0 amide bonds. The molecule has 4 heteroatoms. The second kappa shape index (κ2) is 4.06. The number of hydrogen-bond donors (Lipinski definition) is 2. The van der Waals surface area contributed by atoms with Gasteiger partial charge in [0.15, 0.2) is 0 Å². The molecule has 96 valence electrons. The second-order valence-electron chi connectivity index (χ2n) is 4.77. The van der Waals surface area contributed by atoms with Gasteiger partial charge in [0, 0.05) is 22.5 Å². The van der Waals surface area contributed by atoms with Crippen LogP contribution < -0.4 is 5.73 Å². The van der Waals surface area contributed by atoms with Crippen LogP contribution in [0.5, 0.6) is 0 Å². The van der Waals surface area contributed by atoms with Crippen molar-refractivity contribution in [2.24, 2.45) is 0 Å². The Bertz CT molecular complexity index is 910. The van der Waals surface area contributed by atoms with Gasteiger partial charge in [-0.15, -0.1) is 0 Å². The summed E-state index contributed by atoms with van der Waals surface area (Å²) in [6.45, 7) is 0. The highest BCUT2D eigenvalue weighted by Crippen LogP contribution is 2.28. The van der Waals surface area contributed by atoms with Crippen molar-refractivity contribution in [3.05, 3.63) is 54.9 Å². The molecule has 0 bridgehead atoms. The summed E-state index contributed by atoms with van der Waals surface area (Å²) in [4.78, 5) is 11.9. The van der Waals surface area contributed by atoms with Gasteiger partial charge in [0.25, 0.3) is 0 Å². The van der Waals surface area contributed by atoms with Crippen molar-refractivity contribution in [1.29, 1.82) is 0 Å². The lowest BCUT2D eigenvalue weighted by molar-refractivity contribution is 1.32. The average Bonchev–Trinajstić information content (AvgIpc) is 2.85. The molecule has 0 fully saturated rings. The van der Waals surface area contributed by atoms with Crippen LogP contribution in [0.1, 0.15) is 0 Å². The third-order valence-electron chi connectivity index (χ3n) is 3.46. The van der Waals surface area contributed by atoms with Gasteiger partial charge in [-0.3, -0.25) is 0 Å². The molecular formula is C16H12N4. The minimum atomic E-state index is 0.517. The number of aromatic nitrogens is 3. The van der Waals surface area contributed by atoms with Gasteiger partial charge < -0.3 is 10.7 Å². The first kappa shape index (κ1) is 11.0. The van der Waals surface area contributed by atoms with Crippen molar-refractivity contribution >= 4 is 27.8 Å². The molecule has 3 heterocycles. The van der Waals surface area contributed by atoms with Crippen molar-refractivity contribution < 1.29 is 0 Å². The number of pyridine rings is 2. The number of nitrogen functional groups attached to an aromatic ring is 1. The van der Waals surface area contributed by atoms with E-state index in [0.29, 0.717) is 5.82 Å². The molecule has 3 aromatic heterocycles. The second-order valence-corrected chi connectivity index (χ2v) is 4.77. The van der Waals surface area contributed by atoms with E-state index in [0.717, 1.165) is 33.1 Å². The van der Waals surface area contributed by atoms with Gasteiger partial charge in [-0.25, -0.2) is 9.97 Å². The fraction of sp³-hybridized carbons (Fsp3) is 0. The molecule has 0 aliphatic rings. The molecule has 4 aromatic rings. The Labute approximate surface area is 115 Å². The highest BCUT2D eigenvalue weighted by atomic mass is 14.9. The molecule has 20 heavy (non-hydrogen) atoms. The maximum atomic E-state index is 5.78. The molecule has 0 unspecified atom stereocenters. The van der Waals surface area contributed by atoms with E-state index in [1.165, 1.54) is 0 Å². The largest absolute Gasteiger partial charge is 0.384 e. The Morgan fingerprint density at radius 2 is 1.70 bits per heavy atom. The Balaban J connectivity index is 2.03. The number of nitrogens with one attached hydrogen (secondary N) is 1. The average molecular weight is 260 g/mol. The van der Waals surface area contributed by atoms with Crippen LogP contribution in [0, 0.1) is 0 Å². The van der Waals surface area contributed by atoms with Gasteiger partial charge in [0.2, 0.25) is 0 Å². The molecule has 0 saturated heterocycles. The predicted octanol–water partition coefficient (Wildman–Crippen LogP) is 3.36. The molecule has 0 saturated carbocycles. The van der Waals surface area contributed by atoms with Crippen LogP contribution in [0.2, 0.25) is 0 Å². The van der Waals surface area contributed by atoms with Crippen molar-refractivity contribution in [1.82, 2.24) is 15.0 Å². The number of fused-ring (bicyclic) bond motifs is 3. The van der Waals surface area contributed by atoms with Crippen LogP contribution in [0.15, 0.2) is 54.9 Å². The standard InChI is InChI=1S/C16H12N4/c17-15-7-12-13-6-11(10-4-2-1-3-5-10)8-19-16(13)20-14(12)9-18-15/h1-9H,(H2,17,18)(H,19,20). The number of hydrogen-bond acceptors (Lipinski definition) is 3. The van der Waals surface area contributed by atoms with Gasteiger partial charge in [-0.05, 0) is 17.7 Å². The molecular weight excluding hydrogens is 248 g/mol. The van der Waals surface area contributed by atoms with E-state index in [-0.39, 0.29) is 0 Å². The summed E-state index contributed by atoms with van der Waals surface area (Å²) in [5.41, 5.74) is 9.83. The molecule has 3 N–H and O–H groups in total. The van der Waals surface area contributed by atoms with Gasteiger partial charge in [-0.1, -0.05) is 30.3 Å². The lowest BCUT2D eigenvalue weighted by Crippen LogP contribution is -1.87. The number of anilines is 1. The molecule has 0 radical (unpaired) electrons. The van der Waals surface area contributed by atoms with Crippen molar-refractivity contribution in [2.45, 2.75) is 0 Å². The Kier molecular flexibility index (Phi) is 2.23. The van der Waals surface area contributed by atoms with E-state index >= 15 is 0 Å². The number of nitrogens with two attached hydrogens (primary N) is 1. The van der Waals surface area contributed by atoms with Gasteiger partial charge in [-0.2, -0.15) is 0 Å². The maximum absolute atomic E-state index is 5.78. The van der Waals surface area contributed by atoms with Crippen molar-refractivity contribution in [3.63, 3.8) is 0 Å². The van der Waals surface area contributed by atoms with Gasteiger partial charge >= 0.3 is 0 Å². The van der Waals surface area contributed by atoms with Crippen LogP contribution in [0.25, 0.3) is 33.1 Å². The van der Waals surface area contributed by atoms with Crippen LogP contribution in [0.4, 0.5) is 5.82 Å². The molecule has 0 aliphatic carbocycles. The van der Waals surface area contributed by atoms with E-state index in [2.05, 4.69) is 33.2 Å². The third kappa shape index (κ3) is 1.62.